The molecule has 0 spiro atoms. The van der Waals surface area contributed by atoms with E-state index in [2.05, 4.69) is 0 Å². The number of ether oxygens (including phenoxy) is 2. The highest BCUT2D eigenvalue weighted by Crippen LogP contribution is 2.26. The molecule has 1 heterocycles. The fraction of sp³-hybridized carbons (Fsp3) is 0.174. The van der Waals surface area contributed by atoms with Crippen LogP contribution >= 0.6 is 0 Å². The Kier molecular flexibility index (Phi) is 5.10. The Morgan fingerprint density at radius 2 is 1.66 bits per heavy atom. The molecule has 1 aliphatic rings. The maximum Gasteiger partial charge on any atom is 0.343 e. The third kappa shape index (κ3) is 3.62. The number of carbonyl (C=O) groups excluding carboxylic acids is 3. The maximum absolute atomic E-state index is 12.6. The van der Waals surface area contributed by atoms with Crippen molar-refractivity contribution in [1.29, 1.82) is 0 Å². The molecular weight excluding hydrogens is 370 g/mol. The van der Waals surface area contributed by atoms with Gasteiger partial charge in [-0.2, -0.15) is 0 Å². The predicted molar refractivity (Wildman–Crippen MR) is 107 cm³/mol. The molecule has 6 nitrogen and oxygen atoms in total. The van der Waals surface area contributed by atoms with Crippen molar-refractivity contribution in [3.05, 3.63) is 77.4 Å². The second-order valence-corrected chi connectivity index (χ2v) is 6.77. The predicted octanol–water partition coefficient (Wildman–Crippen LogP) is 3.69. The van der Waals surface area contributed by atoms with Crippen LogP contribution in [0.1, 0.15) is 37.5 Å². The van der Waals surface area contributed by atoms with Crippen LogP contribution < -0.4 is 4.74 Å². The summed E-state index contributed by atoms with van der Waals surface area (Å²) in [5, 5.41) is 2.00. The maximum atomic E-state index is 12.6. The summed E-state index contributed by atoms with van der Waals surface area (Å²) >= 11 is 0. The van der Waals surface area contributed by atoms with E-state index in [0.29, 0.717) is 24.3 Å². The summed E-state index contributed by atoms with van der Waals surface area (Å²) in [4.78, 5) is 38.8. The Bertz CT molecular complexity index is 1120. The molecular formula is C23H19NO5. The van der Waals surface area contributed by atoms with E-state index >= 15 is 0 Å². The van der Waals surface area contributed by atoms with Crippen LogP contribution in [0.2, 0.25) is 0 Å². The van der Waals surface area contributed by atoms with Gasteiger partial charge in [-0.15, -0.1) is 0 Å². The molecule has 1 aliphatic heterocycles. The smallest absolute Gasteiger partial charge is 0.343 e. The van der Waals surface area contributed by atoms with Gasteiger partial charge in [-0.25, -0.2) is 4.79 Å². The SMILES string of the molecule is COCCCN1C(=O)c2ccc(C(=O)Oc3ccc4ccccc4c3)cc2C1=O. The van der Waals surface area contributed by atoms with Crippen molar-refractivity contribution < 1.29 is 23.9 Å². The Hall–Kier alpha value is -3.51. The van der Waals surface area contributed by atoms with Gasteiger partial charge in [0, 0.05) is 20.3 Å². The second kappa shape index (κ2) is 7.85. The van der Waals surface area contributed by atoms with Gasteiger partial charge >= 0.3 is 5.97 Å². The number of amides is 2. The molecule has 4 rings (SSSR count). The molecule has 3 aromatic carbocycles. The molecule has 0 fully saturated rings. The lowest BCUT2D eigenvalue weighted by atomic mass is 10.1. The highest BCUT2D eigenvalue weighted by Gasteiger charge is 2.35. The normalized spacial score (nSPS) is 13.1. The average molecular weight is 389 g/mol. The first-order valence-corrected chi connectivity index (χ1v) is 9.28. The number of esters is 1. The van der Waals surface area contributed by atoms with E-state index in [0.717, 1.165) is 10.8 Å². The number of benzene rings is 3. The number of imide groups is 1. The zero-order valence-electron chi connectivity index (χ0n) is 15.9. The lowest BCUT2D eigenvalue weighted by Crippen LogP contribution is -2.31. The van der Waals surface area contributed by atoms with E-state index in [-0.39, 0.29) is 23.6 Å². The molecule has 0 radical (unpaired) electrons. The number of fused-ring (bicyclic) bond motifs is 2. The first kappa shape index (κ1) is 18.8. The highest BCUT2D eigenvalue weighted by atomic mass is 16.5. The fourth-order valence-electron chi connectivity index (χ4n) is 3.38. The number of rotatable bonds is 6. The van der Waals surface area contributed by atoms with E-state index < -0.39 is 11.9 Å². The van der Waals surface area contributed by atoms with Crippen LogP contribution in [0.25, 0.3) is 10.8 Å². The van der Waals surface area contributed by atoms with E-state index in [4.69, 9.17) is 9.47 Å². The standard InChI is InChI=1S/C23H19NO5/c1-28-12-4-11-24-21(25)19-10-8-17(14-20(19)22(24)26)23(27)29-18-9-7-15-5-2-3-6-16(15)13-18/h2-3,5-10,13-14H,4,11-12H2,1H3. The number of nitrogens with zero attached hydrogens (tertiary/aromatic N) is 1. The fourth-order valence-corrected chi connectivity index (χ4v) is 3.38. The van der Waals surface area contributed by atoms with E-state index in [1.54, 1.807) is 19.2 Å². The zero-order valence-corrected chi connectivity index (χ0v) is 15.9. The molecule has 146 valence electrons. The molecule has 6 heteroatoms. The van der Waals surface area contributed by atoms with Crippen molar-refractivity contribution in [2.24, 2.45) is 0 Å². The van der Waals surface area contributed by atoms with Crippen LogP contribution in [-0.4, -0.2) is 42.9 Å². The summed E-state index contributed by atoms with van der Waals surface area (Å²) in [6.45, 7) is 0.730. The van der Waals surface area contributed by atoms with E-state index in [9.17, 15) is 14.4 Å². The molecule has 0 N–H and O–H groups in total. The summed E-state index contributed by atoms with van der Waals surface area (Å²) in [6.07, 6.45) is 0.554. The molecule has 0 saturated heterocycles. The second-order valence-electron chi connectivity index (χ2n) is 6.77. The molecule has 0 unspecified atom stereocenters. The van der Waals surface area contributed by atoms with Crippen molar-refractivity contribution in [2.75, 3.05) is 20.3 Å². The minimum Gasteiger partial charge on any atom is -0.423 e. The summed E-state index contributed by atoms with van der Waals surface area (Å²) in [5.74, 6) is -0.920. The first-order valence-electron chi connectivity index (χ1n) is 9.28. The van der Waals surface area contributed by atoms with Gasteiger partial charge in [-0.3, -0.25) is 14.5 Å². The third-order valence-electron chi connectivity index (χ3n) is 4.87. The van der Waals surface area contributed by atoms with Gasteiger partial charge in [0.1, 0.15) is 5.75 Å². The van der Waals surface area contributed by atoms with E-state index in [1.807, 2.05) is 30.3 Å². The van der Waals surface area contributed by atoms with Crippen LogP contribution in [0.4, 0.5) is 0 Å². The van der Waals surface area contributed by atoms with Crippen LogP contribution in [0.3, 0.4) is 0 Å². The molecule has 29 heavy (non-hydrogen) atoms. The van der Waals surface area contributed by atoms with Crippen LogP contribution in [0, 0.1) is 0 Å². The minimum absolute atomic E-state index is 0.219. The third-order valence-corrected chi connectivity index (χ3v) is 4.87. The molecule has 0 aliphatic carbocycles. The van der Waals surface area contributed by atoms with Crippen molar-refractivity contribution in [2.45, 2.75) is 6.42 Å². The Balaban J connectivity index is 1.54. The van der Waals surface area contributed by atoms with Crippen molar-refractivity contribution in [3.8, 4) is 5.75 Å². The van der Waals surface area contributed by atoms with Gasteiger partial charge in [0.25, 0.3) is 11.8 Å². The quantitative estimate of drug-likeness (QED) is 0.278. The summed E-state index contributed by atoms with van der Waals surface area (Å²) < 4.78 is 10.4. The number of methoxy groups -OCH3 is 1. The van der Waals surface area contributed by atoms with Crippen LogP contribution in [0.5, 0.6) is 5.75 Å². The summed E-state index contributed by atoms with van der Waals surface area (Å²) in [6, 6.07) is 17.6. The number of hydrogen-bond donors (Lipinski definition) is 0. The van der Waals surface area contributed by atoms with Crippen molar-refractivity contribution in [3.63, 3.8) is 0 Å². The average Bonchev–Trinajstić information content (AvgIpc) is 2.98. The van der Waals surface area contributed by atoms with Crippen LogP contribution in [-0.2, 0) is 4.74 Å². The molecule has 0 saturated carbocycles. The Morgan fingerprint density at radius 1 is 0.897 bits per heavy atom. The summed E-state index contributed by atoms with van der Waals surface area (Å²) in [5.41, 5.74) is 0.742. The lowest BCUT2D eigenvalue weighted by molar-refractivity contribution is 0.0638. The number of carbonyl (C=O) groups is 3. The van der Waals surface area contributed by atoms with Gasteiger partial charge < -0.3 is 9.47 Å². The van der Waals surface area contributed by atoms with Gasteiger partial charge in [0.2, 0.25) is 0 Å². The first-order chi connectivity index (χ1) is 14.1. The molecule has 0 bridgehead atoms. The molecule has 2 amide bonds. The van der Waals surface area contributed by atoms with Crippen molar-refractivity contribution in [1.82, 2.24) is 4.90 Å². The molecule has 0 atom stereocenters. The molecule has 0 aromatic heterocycles. The van der Waals surface area contributed by atoms with E-state index in [1.165, 1.54) is 23.1 Å². The Morgan fingerprint density at radius 3 is 2.45 bits per heavy atom. The lowest BCUT2D eigenvalue weighted by Gasteiger charge is -2.12. The van der Waals surface area contributed by atoms with Crippen LogP contribution in [0.15, 0.2) is 60.7 Å². The topological polar surface area (TPSA) is 72.9 Å². The zero-order chi connectivity index (χ0) is 20.4. The largest absolute Gasteiger partial charge is 0.423 e. The van der Waals surface area contributed by atoms with Gasteiger partial charge in [-0.1, -0.05) is 30.3 Å². The van der Waals surface area contributed by atoms with Gasteiger partial charge in [-0.05, 0) is 47.5 Å². The monoisotopic (exact) mass is 389 g/mol. The highest BCUT2D eigenvalue weighted by molar-refractivity contribution is 6.22. The van der Waals surface area contributed by atoms with Gasteiger partial charge in [0.05, 0.1) is 16.7 Å². The Labute approximate surface area is 167 Å². The minimum atomic E-state index is -0.582. The number of hydrogen-bond acceptors (Lipinski definition) is 5. The molecule has 3 aromatic rings. The van der Waals surface area contributed by atoms with Gasteiger partial charge in [0.15, 0.2) is 0 Å². The van der Waals surface area contributed by atoms with Crippen molar-refractivity contribution >= 4 is 28.6 Å². The summed E-state index contributed by atoms with van der Waals surface area (Å²) in [7, 11) is 1.57.